The minimum atomic E-state index is 0.858. The Hall–Kier alpha value is 0.480. The Labute approximate surface area is 86.3 Å². The Kier molecular flexibility index (Phi) is 7.22. The molecule has 0 aromatic rings. The molecule has 2 atom stereocenters. The molecule has 0 aromatic heterocycles. The normalized spacial score (nSPS) is 16.5. The smallest absolute Gasteiger partial charge is 0.00338 e. The summed E-state index contributed by atoms with van der Waals surface area (Å²) >= 11 is 3.49. The average molecular weight is 235 g/mol. The summed E-state index contributed by atoms with van der Waals surface area (Å²) in [6, 6.07) is 0. The van der Waals surface area contributed by atoms with Crippen LogP contribution in [-0.2, 0) is 0 Å². The second-order valence-electron chi connectivity index (χ2n) is 4.55. The van der Waals surface area contributed by atoms with Crippen molar-refractivity contribution in [1.29, 1.82) is 0 Å². The van der Waals surface area contributed by atoms with Crippen molar-refractivity contribution in [2.75, 3.05) is 5.33 Å². The fraction of sp³-hybridized carbons (Fsp3) is 1.00. The first-order valence-corrected chi connectivity index (χ1v) is 6.24. The molecule has 0 saturated heterocycles. The van der Waals surface area contributed by atoms with Gasteiger partial charge in [-0.25, -0.2) is 0 Å². The summed E-state index contributed by atoms with van der Waals surface area (Å²) < 4.78 is 0. The van der Waals surface area contributed by atoms with Crippen molar-refractivity contribution in [2.24, 2.45) is 17.8 Å². The van der Waals surface area contributed by atoms with Crippen molar-refractivity contribution in [3.8, 4) is 0 Å². The fourth-order valence-corrected chi connectivity index (χ4v) is 2.67. The van der Waals surface area contributed by atoms with E-state index in [9.17, 15) is 0 Å². The third-order valence-electron chi connectivity index (χ3n) is 2.28. The van der Waals surface area contributed by atoms with Crippen LogP contribution in [0.15, 0.2) is 0 Å². The van der Waals surface area contributed by atoms with Crippen molar-refractivity contribution in [1.82, 2.24) is 0 Å². The quantitative estimate of drug-likeness (QED) is 0.595. The maximum absolute atomic E-state index is 3.49. The van der Waals surface area contributed by atoms with E-state index in [1.807, 2.05) is 0 Å². The number of alkyl halides is 1. The largest absolute Gasteiger partial charge is 0.0928 e. The summed E-state index contributed by atoms with van der Waals surface area (Å²) in [6.45, 7) is 9.36. The average Bonchev–Trinajstić information content (AvgIpc) is 1.84. The van der Waals surface area contributed by atoms with Crippen molar-refractivity contribution >= 4 is 15.9 Å². The number of rotatable bonds is 6. The zero-order valence-corrected chi connectivity index (χ0v) is 10.5. The van der Waals surface area contributed by atoms with Crippen LogP contribution in [0.2, 0.25) is 0 Å². The van der Waals surface area contributed by atoms with Gasteiger partial charge in [0.2, 0.25) is 0 Å². The highest BCUT2D eigenvalue weighted by Gasteiger charge is 2.09. The Morgan fingerprint density at radius 3 is 1.92 bits per heavy atom. The predicted octanol–water partition coefficient (Wildman–Crippen LogP) is 4.48. The van der Waals surface area contributed by atoms with Gasteiger partial charge in [0, 0.05) is 5.33 Å². The molecule has 0 aliphatic heterocycles. The zero-order valence-electron chi connectivity index (χ0n) is 8.94. The molecule has 0 saturated carbocycles. The second-order valence-corrected chi connectivity index (χ2v) is 5.35. The van der Waals surface area contributed by atoms with Crippen LogP contribution in [0.3, 0.4) is 0 Å². The third-order valence-corrected chi connectivity index (χ3v) is 2.74. The topological polar surface area (TPSA) is 0 Å². The summed E-state index contributed by atoms with van der Waals surface area (Å²) in [5.41, 5.74) is 0. The van der Waals surface area contributed by atoms with E-state index < -0.39 is 0 Å². The molecule has 0 spiro atoms. The Morgan fingerprint density at radius 2 is 1.50 bits per heavy atom. The van der Waals surface area contributed by atoms with E-state index in [2.05, 4.69) is 43.6 Å². The molecule has 74 valence electrons. The van der Waals surface area contributed by atoms with Crippen LogP contribution in [0.1, 0.15) is 47.0 Å². The van der Waals surface area contributed by atoms with Crippen LogP contribution in [0.5, 0.6) is 0 Å². The molecule has 0 bridgehead atoms. The SMILES string of the molecule is CC(C)C[C@H](C)C[C@H](C)CCBr. The maximum atomic E-state index is 3.49. The van der Waals surface area contributed by atoms with Gasteiger partial charge in [0.05, 0.1) is 0 Å². The van der Waals surface area contributed by atoms with Gasteiger partial charge >= 0.3 is 0 Å². The van der Waals surface area contributed by atoms with E-state index in [4.69, 9.17) is 0 Å². The maximum Gasteiger partial charge on any atom is 0.00338 e. The van der Waals surface area contributed by atoms with Gasteiger partial charge in [-0.05, 0) is 37.0 Å². The predicted molar refractivity (Wildman–Crippen MR) is 60.8 cm³/mol. The lowest BCUT2D eigenvalue weighted by molar-refractivity contribution is 0.351. The van der Waals surface area contributed by atoms with Crippen LogP contribution in [0.25, 0.3) is 0 Å². The molecule has 0 heterocycles. The first kappa shape index (κ1) is 12.5. The number of halogens is 1. The number of hydrogen-bond donors (Lipinski definition) is 0. The van der Waals surface area contributed by atoms with Crippen LogP contribution < -0.4 is 0 Å². The van der Waals surface area contributed by atoms with Crippen LogP contribution >= 0.6 is 15.9 Å². The molecular formula is C11H23Br. The highest BCUT2D eigenvalue weighted by molar-refractivity contribution is 9.09. The van der Waals surface area contributed by atoms with Gasteiger partial charge in [0.25, 0.3) is 0 Å². The van der Waals surface area contributed by atoms with Crippen molar-refractivity contribution in [2.45, 2.75) is 47.0 Å². The molecule has 0 N–H and O–H groups in total. The molecule has 0 unspecified atom stereocenters. The summed E-state index contributed by atoms with van der Waals surface area (Å²) in [6.07, 6.45) is 4.10. The lowest BCUT2D eigenvalue weighted by Crippen LogP contribution is -2.06. The zero-order chi connectivity index (χ0) is 9.56. The lowest BCUT2D eigenvalue weighted by atomic mass is 9.89. The van der Waals surface area contributed by atoms with E-state index >= 15 is 0 Å². The summed E-state index contributed by atoms with van der Waals surface area (Å²) in [4.78, 5) is 0. The standard InChI is InChI=1S/C11H23Br/c1-9(2)7-11(4)8-10(3)5-6-12/h9-11H,5-8H2,1-4H3/t10-,11+/m1/s1. The first-order valence-electron chi connectivity index (χ1n) is 5.12. The molecule has 0 radical (unpaired) electrons. The second kappa shape index (κ2) is 6.94. The van der Waals surface area contributed by atoms with Gasteiger partial charge in [0.15, 0.2) is 0 Å². The van der Waals surface area contributed by atoms with Crippen molar-refractivity contribution < 1.29 is 0 Å². The van der Waals surface area contributed by atoms with Crippen molar-refractivity contribution in [3.05, 3.63) is 0 Å². The van der Waals surface area contributed by atoms with Gasteiger partial charge in [-0.2, -0.15) is 0 Å². The molecule has 0 amide bonds. The molecule has 0 fully saturated rings. The minimum Gasteiger partial charge on any atom is -0.0928 e. The summed E-state index contributed by atoms with van der Waals surface area (Å²) in [7, 11) is 0. The van der Waals surface area contributed by atoms with Gasteiger partial charge in [-0.15, -0.1) is 0 Å². The van der Waals surface area contributed by atoms with E-state index in [1.165, 1.54) is 19.3 Å². The van der Waals surface area contributed by atoms with E-state index in [0.29, 0.717) is 0 Å². The molecule has 0 aromatic carbocycles. The molecule has 0 aliphatic carbocycles. The lowest BCUT2D eigenvalue weighted by Gasteiger charge is -2.17. The van der Waals surface area contributed by atoms with Gasteiger partial charge in [0.1, 0.15) is 0 Å². The first-order chi connectivity index (χ1) is 5.56. The van der Waals surface area contributed by atoms with Crippen LogP contribution in [-0.4, -0.2) is 5.33 Å². The van der Waals surface area contributed by atoms with E-state index in [-0.39, 0.29) is 0 Å². The molecule has 1 heteroatoms. The third kappa shape index (κ3) is 7.15. The summed E-state index contributed by atoms with van der Waals surface area (Å²) in [5, 5.41) is 1.16. The molecule has 0 rings (SSSR count). The Balaban J connectivity index is 3.46. The molecular weight excluding hydrogens is 212 g/mol. The molecule has 12 heavy (non-hydrogen) atoms. The number of hydrogen-bond acceptors (Lipinski definition) is 0. The van der Waals surface area contributed by atoms with Gasteiger partial charge in [-0.1, -0.05) is 43.6 Å². The van der Waals surface area contributed by atoms with Crippen LogP contribution in [0, 0.1) is 17.8 Å². The van der Waals surface area contributed by atoms with Crippen molar-refractivity contribution in [3.63, 3.8) is 0 Å². The molecule has 0 nitrogen and oxygen atoms in total. The minimum absolute atomic E-state index is 0.858. The van der Waals surface area contributed by atoms with E-state index in [0.717, 1.165) is 23.1 Å². The molecule has 0 aliphatic rings. The van der Waals surface area contributed by atoms with E-state index in [1.54, 1.807) is 0 Å². The van der Waals surface area contributed by atoms with Gasteiger partial charge in [-0.3, -0.25) is 0 Å². The highest BCUT2D eigenvalue weighted by atomic mass is 79.9. The Bertz CT molecular complexity index is 99.2. The monoisotopic (exact) mass is 234 g/mol. The highest BCUT2D eigenvalue weighted by Crippen LogP contribution is 2.21. The van der Waals surface area contributed by atoms with Crippen LogP contribution in [0.4, 0.5) is 0 Å². The Morgan fingerprint density at radius 1 is 0.917 bits per heavy atom. The van der Waals surface area contributed by atoms with Gasteiger partial charge < -0.3 is 0 Å². The summed E-state index contributed by atoms with van der Waals surface area (Å²) in [5.74, 6) is 2.65. The fourth-order valence-electron chi connectivity index (χ4n) is 1.89.